The quantitative estimate of drug-likeness (QED) is 0.878. The van der Waals surface area contributed by atoms with E-state index in [1.807, 2.05) is 50.5 Å². The van der Waals surface area contributed by atoms with Crippen LogP contribution in [0, 0.1) is 0 Å². The molecule has 2 aromatic rings. The molecule has 2 nitrogen and oxygen atoms in total. The van der Waals surface area contributed by atoms with Crippen molar-refractivity contribution >= 4 is 5.57 Å². The molecule has 0 aliphatic carbocycles. The fourth-order valence-electron chi connectivity index (χ4n) is 2.31. The van der Waals surface area contributed by atoms with Crippen molar-refractivity contribution in [3.8, 4) is 0 Å². The Morgan fingerprint density at radius 1 is 1.00 bits per heavy atom. The molecule has 21 heavy (non-hydrogen) atoms. The minimum atomic E-state index is -0.491. The van der Waals surface area contributed by atoms with Crippen LogP contribution in [0.15, 0.2) is 66.7 Å². The van der Waals surface area contributed by atoms with Crippen LogP contribution in [-0.4, -0.2) is 36.8 Å². The van der Waals surface area contributed by atoms with Crippen LogP contribution < -0.4 is 0 Å². The molecule has 1 atom stereocenters. The van der Waals surface area contributed by atoms with Gasteiger partial charge in [-0.15, -0.1) is 0 Å². The van der Waals surface area contributed by atoms with Crippen molar-refractivity contribution in [2.75, 3.05) is 20.6 Å². The predicted molar refractivity (Wildman–Crippen MR) is 89.1 cm³/mol. The highest BCUT2D eigenvalue weighted by Crippen LogP contribution is 2.21. The third-order valence-corrected chi connectivity index (χ3v) is 3.41. The SMILES string of the molecule is CN(C)CC=C(c1ccccc1)C(O)Cc1ccccc1. The van der Waals surface area contributed by atoms with Gasteiger partial charge in [0.15, 0.2) is 0 Å². The first-order valence-electron chi connectivity index (χ1n) is 7.29. The fraction of sp³-hybridized carbons (Fsp3) is 0.263. The van der Waals surface area contributed by atoms with Gasteiger partial charge < -0.3 is 10.0 Å². The van der Waals surface area contributed by atoms with E-state index < -0.39 is 6.10 Å². The molecule has 0 radical (unpaired) electrons. The van der Waals surface area contributed by atoms with Gasteiger partial charge in [0.2, 0.25) is 0 Å². The summed E-state index contributed by atoms with van der Waals surface area (Å²) in [5.74, 6) is 0. The van der Waals surface area contributed by atoms with Gasteiger partial charge in [0.05, 0.1) is 6.10 Å². The molecule has 0 aliphatic heterocycles. The summed E-state index contributed by atoms with van der Waals surface area (Å²) in [6.07, 6.45) is 2.26. The van der Waals surface area contributed by atoms with E-state index in [-0.39, 0.29) is 0 Å². The van der Waals surface area contributed by atoms with E-state index in [1.165, 1.54) is 0 Å². The van der Waals surface area contributed by atoms with Crippen molar-refractivity contribution in [2.24, 2.45) is 0 Å². The first kappa shape index (κ1) is 15.5. The van der Waals surface area contributed by atoms with E-state index in [9.17, 15) is 5.11 Å². The zero-order chi connectivity index (χ0) is 15.1. The van der Waals surface area contributed by atoms with Crippen LogP contribution in [0.2, 0.25) is 0 Å². The monoisotopic (exact) mass is 281 g/mol. The lowest BCUT2D eigenvalue weighted by Gasteiger charge is -2.17. The maximum absolute atomic E-state index is 10.6. The largest absolute Gasteiger partial charge is 0.388 e. The molecule has 0 bridgehead atoms. The van der Waals surface area contributed by atoms with Crippen LogP contribution in [0.25, 0.3) is 5.57 Å². The third-order valence-electron chi connectivity index (χ3n) is 3.41. The van der Waals surface area contributed by atoms with Crippen LogP contribution in [0.4, 0.5) is 0 Å². The van der Waals surface area contributed by atoms with Crippen LogP contribution in [0.3, 0.4) is 0 Å². The summed E-state index contributed by atoms with van der Waals surface area (Å²) in [5, 5.41) is 10.6. The number of hydrogen-bond acceptors (Lipinski definition) is 2. The van der Waals surface area contributed by atoms with Crippen LogP contribution in [-0.2, 0) is 6.42 Å². The van der Waals surface area contributed by atoms with E-state index >= 15 is 0 Å². The van der Waals surface area contributed by atoms with Crippen molar-refractivity contribution in [2.45, 2.75) is 12.5 Å². The molecule has 0 aromatic heterocycles. The number of aliphatic hydroxyl groups excluding tert-OH is 1. The van der Waals surface area contributed by atoms with E-state index in [0.717, 1.165) is 23.2 Å². The summed E-state index contributed by atoms with van der Waals surface area (Å²) in [4.78, 5) is 2.10. The van der Waals surface area contributed by atoms with Crippen molar-refractivity contribution < 1.29 is 5.11 Å². The van der Waals surface area contributed by atoms with Gasteiger partial charge in [-0.2, -0.15) is 0 Å². The van der Waals surface area contributed by atoms with Gasteiger partial charge >= 0.3 is 0 Å². The molecule has 0 heterocycles. The number of benzene rings is 2. The van der Waals surface area contributed by atoms with Gasteiger partial charge in [-0.25, -0.2) is 0 Å². The van der Waals surface area contributed by atoms with Gasteiger partial charge in [-0.05, 0) is 30.8 Å². The van der Waals surface area contributed by atoms with E-state index in [2.05, 4.69) is 35.2 Å². The lowest BCUT2D eigenvalue weighted by molar-refractivity contribution is 0.232. The average molecular weight is 281 g/mol. The maximum Gasteiger partial charge on any atom is 0.0833 e. The highest BCUT2D eigenvalue weighted by atomic mass is 16.3. The Kier molecular flexibility index (Phi) is 5.73. The first-order chi connectivity index (χ1) is 10.2. The Balaban J connectivity index is 2.21. The van der Waals surface area contributed by atoms with Gasteiger partial charge in [-0.3, -0.25) is 0 Å². The molecule has 0 saturated heterocycles. The Hall–Kier alpha value is -1.90. The Morgan fingerprint density at radius 2 is 1.57 bits per heavy atom. The molecular weight excluding hydrogens is 258 g/mol. The average Bonchev–Trinajstić information content (AvgIpc) is 2.49. The van der Waals surface area contributed by atoms with Crippen molar-refractivity contribution in [3.05, 3.63) is 77.9 Å². The Labute approximate surface area is 127 Å². The van der Waals surface area contributed by atoms with Crippen LogP contribution >= 0.6 is 0 Å². The molecule has 0 spiro atoms. The zero-order valence-electron chi connectivity index (χ0n) is 12.7. The molecular formula is C19H23NO. The molecule has 0 saturated carbocycles. The first-order valence-corrected chi connectivity index (χ1v) is 7.29. The fourth-order valence-corrected chi connectivity index (χ4v) is 2.31. The number of aliphatic hydroxyl groups is 1. The third kappa shape index (κ3) is 4.85. The summed E-state index contributed by atoms with van der Waals surface area (Å²) >= 11 is 0. The highest BCUT2D eigenvalue weighted by molar-refractivity contribution is 5.69. The number of nitrogens with zero attached hydrogens (tertiary/aromatic N) is 1. The lowest BCUT2D eigenvalue weighted by Crippen LogP contribution is -2.17. The number of likely N-dealkylation sites (N-methyl/N-ethyl adjacent to an activating group) is 1. The molecule has 1 N–H and O–H groups in total. The molecule has 2 heteroatoms. The molecule has 2 aromatic carbocycles. The summed E-state index contributed by atoms with van der Waals surface area (Å²) in [6.45, 7) is 0.816. The number of rotatable bonds is 6. The smallest absolute Gasteiger partial charge is 0.0833 e. The van der Waals surface area contributed by atoms with Crippen molar-refractivity contribution in [1.82, 2.24) is 4.90 Å². The second-order valence-corrected chi connectivity index (χ2v) is 5.49. The molecule has 0 fully saturated rings. The zero-order valence-corrected chi connectivity index (χ0v) is 12.7. The van der Waals surface area contributed by atoms with E-state index in [1.54, 1.807) is 0 Å². The topological polar surface area (TPSA) is 23.5 Å². The predicted octanol–water partition coefficient (Wildman–Crippen LogP) is 3.24. The molecule has 0 amide bonds. The van der Waals surface area contributed by atoms with Crippen molar-refractivity contribution in [1.29, 1.82) is 0 Å². The van der Waals surface area contributed by atoms with Crippen molar-refractivity contribution in [3.63, 3.8) is 0 Å². The Morgan fingerprint density at radius 3 is 2.14 bits per heavy atom. The van der Waals surface area contributed by atoms with Gasteiger partial charge in [0.1, 0.15) is 0 Å². The van der Waals surface area contributed by atoms with E-state index in [0.29, 0.717) is 6.42 Å². The summed E-state index contributed by atoms with van der Waals surface area (Å²) in [5.41, 5.74) is 3.23. The molecule has 0 aliphatic rings. The highest BCUT2D eigenvalue weighted by Gasteiger charge is 2.13. The minimum absolute atomic E-state index is 0.491. The molecule has 1 unspecified atom stereocenters. The van der Waals surface area contributed by atoms with Gasteiger partial charge in [-0.1, -0.05) is 66.7 Å². The summed E-state index contributed by atoms with van der Waals surface area (Å²) < 4.78 is 0. The minimum Gasteiger partial charge on any atom is -0.388 e. The summed E-state index contributed by atoms with van der Waals surface area (Å²) in [6, 6.07) is 20.2. The maximum atomic E-state index is 10.6. The second-order valence-electron chi connectivity index (χ2n) is 5.49. The van der Waals surface area contributed by atoms with E-state index in [4.69, 9.17) is 0 Å². The number of hydrogen-bond donors (Lipinski definition) is 1. The standard InChI is InChI=1S/C19H23NO/c1-20(2)14-13-18(17-11-7-4-8-12-17)19(21)15-16-9-5-3-6-10-16/h3-13,19,21H,14-15H2,1-2H3. The van der Waals surface area contributed by atoms with Gasteiger partial charge in [0, 0.05) is 13.0 Å². The lowest BCUT2D eigenvalue weighted by atomic mass is 9.95. The van der Waals surface area contributed by atoms with Gasteiger partial charge in [0.25, 0.3) is 0 Å². The van der Waals surface area contributed by atoms with Crippen LogP contribution in [0.5, 0.6) is 0 Å². The Bertz CT molecular complexity index is 561. The normalized spacial score (nSPS) is 13.4. The second kappa shape index (κ2) is 7.77. The van der Waals surface area contributed by atoms with Crippen LogP contribution in [0.1, 0.15) is 11.1 Å². The molecule has 2 rings (SSSR count). The summed E-state index contributed by atoms with van der Waals surface area (Å²) in [7, 11) is 4.06. The molecule has 110 valence electrons.